The predicted octanol–water partition coefficient (Wildman–Crippen LogP) is 3.43. The molecule has 0 fully saturated rings. The maximum Gasteiger partial charge on any atom is 0.478 e. The van der Waals surface area contributed by atoms with Gasteiger partial charge in [-0.05, 0) is 36.1 Å². The van der Waals surface area contributed by atoms with E-state index in [-0.39, 0.29) is 11.4 Å². The lowest BCUT2D eigenvalue weighted by molar-refractivity contribution is -0.320. The van der Waals surface area contributed by atoms with E-state index in [1.807, 2.05) is 0 Å². The lowest BCUT2D eigenvalue weighted by atomic mass is 10.1. The first-order valence-corrected chi connectivity index (χ1v) is 8.01. The molecule has 1 aliphatic rings. The Morgan fingerprint density at radius 1 is 1.36 bits per heavy atom. The van der Waals surface area contributed by atoms with Crippen LogP contribution in [-0.4, -0.2) is 23.8 Å². The first kappa shape index (κ1) is 17.3. The molecule has 1 amide bonds. The number of amides is 1. The number of aryl methyl sites for hydroxylation is 1. The Morgan fingerprint density at radius 2 is 2.12 bits per heavy atom. The number of esters is 1. The van der Waals surface area contributed by atoms with Gasteiger partial charge in [-0.25, -0.2) is 0 Å². The van der Waals surface area contributed by atoms with Gasteiger partial charge in [-0.15, -0.1) is 11.3 Å². The Morgan fingerprint density at radius 3 is 2.76 bits per heavy atom. The van der Waals surface area contributed by atoms with Crippen LogP contribution in [0.2, 0.25) is 0 Å². The number of ether oxygens (including phenoxy) is 2. The van der Waals surface area contributed by atoms with Crippen LogP contribution < -0.4 is 10.1 Å². The Labute approximate surface area is 144 Å². The largest absolute Gasteiger partial charge is 0.478 e. The summed E-state index contributed by atoms with van der Waals surface area (Å²) in [5, 5.41) is 3.78. The predicted molar refractivity (Wildman–Crippen MR) is 83.3 cm³/mol. The molecule has 1 atom stereocenters. The fraction of sp³-hybridized carbons (Fsp3) is 0.250. The third kappa shape index (κ3) is 3.19. The van der Waals surface area contributed by atoms with Crippen molar-refractivity contribution in [3.8, 4) is 5.75 Å². The molecule has 132 valence electrons. The number of halogens is 3. The molecule has 0 aliphatic carbocycles. The zero-order chi connectivity index (χ0) is 18.2. The Bertz CT molecular complexity index is 819. The fourth-order valence-electron chi connectivity index (χ4n) is 2.30. The molecule has 2 aromatic rings. The van der Waals surface area contributed by atoms with E-state index in [0.29, 0.717) is 4.88 Å². The van der Waals surface area contributed by atoms with Gasteiger partial charge in [-0.3, -0.25) is 9.59 Å². The molecule has 2 heterocycles. The first-order valence-electron chi connectivity index (χ1n) is 7.13. The number of hydrogen-bond donors (Lipinski definition) is 1. The smallest absolute Gasteiger partial charge is 0.435 e. The Hall–Kier alpha value is -2.55. The average molecular weight is 371 g/mol. The van der Waals surface area contributed by atoms with E-state index in [9.17, 15) is 22.8 Å². The summed E-state index contributed by atoms with van der Waals surface area (Å²) in [6.07, 6.45) is -5.66. The summed E-state index contributed by atoms with van der Waals surface area (Å²) in [7, 11) is 0. The summed E-state index contributed by atoms with van der Waals surface area (Å²) in [5.41, 5.74) is 0.802. The number of benzene rings is 1. The van der Waals surface area contributed by atoms with Gasteiger partial charge in [0.05, 0.1) is 12.1 Å². The van der Waals surface area contributed by atoms with Crippen LogP contribution in [0.3, 0.4) is 0 Å². The maximum atomic E-state index is 13.6. The standard InChI is InChI=1S/C16H12F3NO4S/c1-9-4-5-12-11(7-9)20-14(22)15(23-12,16(17,18)19)24-13(21)8-10-3-2-6-25-10/h2-7H,8H2,1H3,(H,20,22)/t15-/m1/s1. The minimum Gasteiger partial charge on any atom is -0.435 e. The van der Waals surface area contributed by atoms with E-state index in [4.69, 9.17) is 4.74 Å². The third-order valence-corrected chi connectivity index (χ3v) is 4.34. The van der Waals surface area contributed by atoms with Crippen LogP contribution in [0.25, 0.3) is 0 Å². The summed E-state index contributed by atoms with van der Waals surface area (Å²) in [6, 6.07) is 7.48. The van der Waals surface area contributed by atoms with Gasteiger partial charge in [-0.2, -0.15) is 13.2 Å². The number of nitrogens with one attached hydrogen (secondary N) is 1. The maximum absolute atomic E-state index is 13.6. The van der Waals surface area contributed by atoms with Crippen LogP contribution in [0, 0.1) is 6.92 Å². The second-order valence-corrected chi connectivity index (χ2v) is 6.43. The molecule has 1 aromatic carbocycles. The summed E-state index contributed by atoms with van der Waals surface area (Å²) >= 11 is 1.19. The van der Waals surface area contributed by atoms with E-state index in [2.05, 4.69) is 10.1 Å². The van der Waals surface area contributed by atoms with Crippen molar-refractivity contribution in [1.29, 1.82) is 0 Å². The molecular weight excluding hydrogens is 359 g/mol. The van der Waals surface area contributed by atoms with Crippen LogP contribution >= 0.6 is 11.3 Å². The lowest BCUT2D eigenvalue weighted by Crippen LogP contribution is -2.63. The molecule has 0 radical (unpaired) electrons. The summed E-state index contributed by atoms with van der Waals surface area (Å²) in [5.74, 6) is -6.77. The van der Waals surface area contributed by atoms with E-state index in [1.54, 1.807) is 24.4 Å². The number of fused-ring (bicyclic) bond motifs is 1. The van der Waals surface area contributed by atoms with Gasteiger partial charge in [0.2, 0.25) is 0 Å². The van der Waals surface area contributed by atoms with E-state index < -0.39 is 30.3 Å². The van der Waals surface area contributed by atoms with E-state index in [0.717, 1.165) is 5.56 Å². The normalized spacial score (nSPS) is 19.6. The minimum atomic E-state index is -5.26. The zero-order valence-electron chi connectivity index (χ0n) is 12.8. The second-order valence-electron chi connectivity index (χ2n) is 5.40. The molecule has 0 saturated carbocycles. The van der Waals surface area contributed by atoms with Crippen molar-refractivity contribution in [1.82, 2.24) is 0 Å². The van der Waals surface area contributed by atoms with Crippen LogP contribution in [0.4, 0.5) is 18.9 Å². The molecule has 1 aromatic heterocycles. The number of thiophene rings is 1. The second kappa shape index (κ2) is 6.07. The summed E-state index contributed by atoms with van der Waals surface area (Å²) < 4.78 is 50.2. The molecule has 0 unspecified atom stereocenters. The van der Waals surface area contributed by atoms with Gasteiger partial charge in [0.1, 0.15) is 5.75 Å². The van der Waals surface area contributed by atoms with E-state index >= 15 is 0 Å². The highest BCUT2D eigenvalue weighted by atomic mass is 32.1. The van der Waals surface area contributed by atoms with Crippen molar-refractivity contribution in [3.63, 3.8) is 0 Å². The summed E-state index contributed by atoms with van der Waals surface area (Å²) in [6.45, 7) is 1.71. The topological polar surface area (TPSA) is 64.6 Å². The van der Waals surface area contributed by atoms with Gasteiger partial charge >= 0.3 is 23.8 Å². The highest BCUT2D eigenvalue weighted by Crippen LogP contribution is 2.43. The molecule has 0 saturated heterocycles. The number of carbonyl (C=O) groups is 2. The molecule has 0 spiro atoms. The minimum absolute atomic E-state index is 0.0826. The molecule has 0 bridgehead atoms. The molecule has 5 nitrogen and oxygen atoms in total. The first-order chi connectivity index (χ1) is 11.7. The van der Waals surface area contributed by atoms with Crippen LogP contribution in [0.1, 0.15) is 10.4 Å². The Balaban J connectivity index is 1.93. The van der Waals surface area contributed by atoms with Crippen molar-refractivity contribution in [2.45, 2.75) is 25.3 Å². The van der Waals surface area contributed by atoms with E-state index in [1.165, 1.54) is 29.5 Å². The van der Waals surface area contributed by atoms with Crippen LogP contribution in [0.15, 0.2) is 35.7 Å². The SMILES string of the molecule is Cc1ccc2c(c1)NC(=O)[C@@](OC(=O)Cc1cccs1)(C(F)(F)F)O2. The van der Waals surface area contributed by atoms with Gasteiger partial charge in [0.15, 0.2) is 0 Å². The highest BCUT2D eigenvalue weighted by molar-refractivity contribution is 7.10. The van der Waals surface area contributed by atoms with Gasteiger partial charge < -0.3 is 14.8 Å². The van der Waals surface area contributed by atoms with Crippen molar-refractivity contribution in [3.05, 3.63) is 46.2 Å². The van der Waals surface area contributed by atoms with Crippen molar-refractivity contribution in [2.24, 2.45) is 0 Å². The van der Waals surface area contributed by atoms with Crippen molar-refractivity contribution < 1.29 is 32.2 Å². The van der Waals surface area contributed by atoms with Gasteiger partial charge in [0.25, 0.3) is 0 Å². The lowest BCUT2D eigenvalue weighted by Gasteiger charge is -2.37. The van der Waals surface area contributed by atoms with Crippen molar-refractivity contribution in [2.75, 3.05) is 5.32 Å². The van der Waals surface area contributed by atoms with Crippen LogP contribution in [0.5, 0.6) is 5.75 Å². The molecule has 3 rings (SSSR count). The molecule has 1 aliphatic heterocycles. The quantitative estimate of drug-likeness (QED) is 0.840. The molecule has 9 heteroatoms. The average Bonchev–Trinajstić information content (AvgIpc) is 3.00. The fourth-order valence-corrected chi connectivity index (χ4v) is 2.99. The highest BCUT2D eigenvalue weighted by Gasteiger charge is 2.69. The number of anilines is 1. The number of carbonyl (C=O) groups excluding carboxylic acids is 2. The monoisotopic (exact) mass is 371 g/mol. The number of rotatable bonds is 3. The molecule has 25 heavy (non-hydrogen) atoms. The Kier molecular flexibility index (Phi) is 4.19. The summed E-state index contributed by atoms with van der Waals surface area (Å²) in [4.78, 5) is 24.6. The number of alkyl halides is 3. The molecule has 1 N–H and O–H groups in total. The van der Waals surface area contributed by atoms with Crippen molar-refractivity contribution >= 4 is 28.9 Å². The van der Waals surface area contributed by atoms with Crippen LogP contribution in [-0.2, 0) is 20.7 Å². The van der Waals surface area contributed by atoms with Gasteiger partial charge in [-0.1, -0.05) is 12.1 Å². The van der Waals surface area contributed by atoms with Gasteiger partial charge in [0, 0.05) is 4.88 Å². The third-order valence-electron chi connectivity index (χ3n) is 3.47. The molecular formula is C16H12F3NO4S. The zero-order valence-corrected chi connectivity index (χ0v) is 13.7. The number of hydrogen-bond acceptors (Lipinski definition) is 5.